The second-order valence-electron chi connectivity index (χ2n) is 10.2. The van der Waals surface area contributed by atoms with Crippen LogP contribution in [0.1, 0.15) is 36.6 Å². The van der Waals surface area contributed by atoms with Crippen molar-refractivity contribution in [3.8, 4) is 11.3 Å². The number of thiophene rings is 1. The first-order valence-electron chi connectivity index (χ1n) is 13.0. The number of carbonyl (C=O) groups excluding carboxylic acids is 1. The predicted molar refractivity (Wildman–Crippen MR) is 140 cm³/mol. The number of hydrogen-bond acceptors (Lipinski definition) is 9. The summed E-state index contributed by atoms with van der Waals surface area (Å²) in [6, 6.07) is 2.92. The van der Waals surface area contributed by atoms with Crippen LogP contribution in [0.15, 0.2) is 30.5 Å². The molecule has 1 aromatic carbocycles. The summed E-state index contributed by atoms with van der Waals surface area (Å²) in [4.78, 5) is 16.2. The van der Waals surface area contributed by atoms with Crippen molar-refractivity contribution >= 4 is 28.8 Å². The molecule has 222 valence electrons. The second kappa shape index (κ2) is 12.3. The lowest BCUT2D eigenvalue weighted by atomic mass is 9.88. The van der Waals surface area contributed by atoms with Crippen LogP contribution in [0.5, 0.6) is 0 Å². The number of aliphatic hydroxyl groups is 4. The Morgan fingerprint density at radius 1 is 1.12 bits per heavy atom. The highest BCUT2D eigenvalue weighted by molar-refractivity contribution is 7.16. The zero-order valence-corrected chi connectivity index (χ0v) is 23.1. The molecule has 2 fully saturated rings. The average Bonchev–Trinajstić information content (AvgIpc) is 3.60. The highest BCUT2D eigenvalue weighted by atomic mass is 35.5. The highest BCUT2D eigenvalue weighted by Crippen LogP contribution is 2.35. The summed E-state index contributed by atoms with van der Waals surface area (Å²) in [5.41, 5.74) is -0.249. The molecule has 2 aromatic heterocycles. The van der Waals surface area contributed by atoms with Crippen molar-refractivity contribution in [2.45, 2.75) is 74.8 Å². The zero-order chi connectivity index (χ0) is 29.4. The van der Waals surface area contributed by atoms with Crippen molar-refractivity contribution < 1.29 is 43.1 Å². The van der Waals surface area contributed by atoms with Crippen LogP contribution in [0.4, 0.5) is 13.2 Å². The van der Waals surface area contributed by atoms with Crippen LogP contribution in [-0.2, 0) is 16.1 Å². The first kappa shape index (κ1) is 29.9. The largest absolute Gasteiger partial charge is 0.394 e. The minimum absolute atomic E-state index is 0.0801. The van der Waals surface area contributed by atoms with Gasteiger partial charge >= 0.3 is 0 Å². The summed E-state index contributed by atoms with van der Waals surface area (Å²) in [5.74, 6) is -5.21. The Balaban J connectivity index is 1.46. The van der Waals surface area contributed by atoms with Crippen molar-refractivity contribution in [1.29, 1.82) is 0 Å². The maximum atomic E-state index is 14.0. The lowest BCUT2D eigenvalue weighted by Gasteiger charge is -2.45. The van der Waals surface area contributed by atoms with E-state index in [4.69, 9.17) is 16.3 Å². The molecular formula is C26H28ClF3N4O6S. The number of nitrogens with zero attached hydrogens (tertiary/aromatic N) is 4. The molecule has 10 nitrogen and oxygen atoms in total. The molecule has 1 aliphatic heterocycles. The molecule has 1 amide bonds. The molecule has 0 bridgehead atoms. The van der Waals surface area contributed by atoms with Gasteiger partial charge in [0.1, 0.15) is 30.0 Å². The molecule has 3 heterocycles. The molecule has 3 aromatic rings. The number of benzene rings is 1. The van der Waals surface area contributed by atoms with Gasteiger partial charge in [-0.1, -0.05) is 29.7 Å². The molecule has 5 unspecified atom stereocenters. The number of hydrogen-bond donors (Lipinski definition) is 4. The maximum absolute atomic E-state index is 14.0. The van der Waals surface area contributed by atoms with Gasteiger partial charge in [-0.2, -0.15) is 0 Å². The summed E-state index contributed by atoms with van der Waals surface area (Å²) >= 11 is 7.35. The van der Waals surface area contributed by atoms with Crippen molar-refractivity contribution in [3.63, 3.8) is 0 Å². The van der Waals surface area contributed by atoms with E-state index in [9.17, 15) is 38.4 Å². The van der Waals surface area contributed by atoms with Gasteiger partial charge < -0.3 is 30.1 Å². The molecule has 1 aliphatic carbocycles. The fourth-order valence-electron chi connectivity index (χ4n) is 5.46. The molecule has 1 saturated heterocycles. The van der Waals surface area contributed by atoms with E-state index in [2.05, 4.69) is 10.3 Å². The Labute approximate surface area is 241 Å². The monoisotopic (exact) mass is 616 g/mol. The molecule has 4 N–H and O–H groups in total. The highest BCUT2D eigenvalue weighted by Gasteiger charge is 2.50. The Kier molecular flexibility index (Phi) is 8.99. The summed E-state index contributed by atoms with van der Waals surface area (Å²) in [6.07, 6.45) is -3.26. The lowest BCUT2D eigenvalue weighted by Crippen LogP contribution is -2.62. The van der Waals surface area contributed by atoms with Gasteiger partial charge in [0.15, 0.2) is 23.6 Å². The first-order valence-corrected chi connectivity index (χ1v) is 14.2. The van der Waals surface area contributed by atoms with Crippen LogP contribution in [0.2, 0.25) is 4.34 Å². The van der Waals surface area contributed by atoms with Crippen LogP contribution in [0.3, 0.4) is 0 Å². The SMILES string of the molecule is O=C(C1OC(CO)C(O)C(n2cc(-c3cc(F)c(F)c(F)c3)nn2)C1O)N(Cc1ccc(Cl)s1)[C@H]1CCCC[C@@H]1O. The zero-order valence-electron chi connectivity index (χ0n) is 21.5. The van der Waals surface area contributed by atoms with Gasteiger partial charge in [-0.25, -0.2) is 17.9 Å². The van der Waals surface area contributed by atoms with E-state index < -0.39 is 72.6 Å². The first-order chi connectivity index (χ1) is 19.6. The molecule has 1 saturated carbocycles. The Morgan fingerprint density at radius 3 is 2.46 bits per heavy atom. The van der Waals surface area contributed by atoms with Crippen LogP contribution in [-0.4, -0.2) is 89.4 Å². The van der Waals surface area contributed by atoms with Gasteiger partial charge in [-0.15, -0.1) is 16.4 Å². The van der Waals surface area contributed by atoms with Gasteiger partial charge in [0, 0.05) is 10.4 Å². The van der Waals surface area contributed by atoms with E-state index in [-0.39, 0.29) is 17.8 Å². The molecule has 7 atom stereocenters. The summed E-state index contributed by atoms with van der Waals surface area (Å²) in [6.45, 7) is -0.632. The molecule has 41 heavy (non-hydrogen) atoms. The van der Waals surface area contributed by atoms with Crippen LogP contribution >= 0.6 is 22.9 Å². The number of ether oxygens (including phenoxy) is 1. The fourth-order valence-corrected chi connectivity index (χ4v) is 6.55. The number of halogens is 4. The van der Waals surface area contributed by atoms with Gasteiger partial charge in [0.2, 0.25) is 0 Å². The summed E-state index contributed by atoms with van der Waals surface area (Å²) in [5, 5.41) is 50.7. The van der Waals surface area contributed by atoms with Crippen molar-refractivity contribution in [1.82, 2.24) is 19.9 Å². The van der Waals surface area contributed by atoms with Gasteiger partial charge in [0.05, 0.1) is 35.8 Å². The molecule has 0 radical (unpaired) electrons. The lowest BCUT2D eigenvalue weighted by molar-refractivity contribution is -0.214. The Bertz CT molecular complexity index is 1370. The number of amides is 1. The van der Waals surface area contributed by atoms with Gasteiger partial charge in [0.25, 0.3) is 5.91 Å². The van der Waals surface area contributed by atoms with Crippen molar-refractivity contribution in [2.75, 3.05) is 6.61 Å². The van der Waals surface area contributed by atoms with Crippen LogP contribution in [0.25, 0.3) is 11.3 Å². The smallest absolute Gasteiger partial charge is 0.255 e. The third kappa shape index (κ3) is 6.00. The van der Waals surface area contributed by atoms with Gasteiger partial charge in [-0.05, 0) is 37.1 Å². The summed E-state index contributed by atoms with van der Waals surface area (Å²) in [7, 11) is 0. The summed E-state index contributed by atoms with van der Waals surface area (Å²) < 4.78 is 48.3. The Hall–Kier alpha value is -2.59. The average molecular weight is 617 g/mol. The fraction of sp³-hybridized carbons (Fsp3) is 0.500. The quantitative estimate of drug-likeness (QED) is 0.297. The van der Waals surface area contributed by atoms with Crippen molar-refractivity contribution in [2.24, 2.45) is 0 Å². The third-order valence-electron chi connectivity index (χ3n) is 7.56. The normalized spacial score (nSPS) is 28.5. The molecule has 0 spiro atoms. The van der Waals surface area contributed by atoms with Crippen molar-refractivity contribution in [3.05, 3.63) is 57.1 Å². The van der Waals surface area contributed by atoms with Crippen LogP contribution in [0, 0.1) is 17.5 Å². The Morgan fingerprint density at radius 2 is 1.83 bits per heavy atom. The number of aliphatic hydroxyl groups excluding tert-OH is 4. The third-order valence-corrected chi connectivity index (χ3v) is 8.78. The number of aromatic nitrogens is 3. The molecular weight excluding hydrogens is 589 g/mol. The predicted octanol–water partition coefficient (Wildman–Crippen LogP) is 2.43. The van der Waals surface area contributed by atoms with E-state index >= 15 is 0 Å². The van der Waals surface area contributed by atoms with Crippen LogP contribution < -0.4 is 0 Å². The maximum Gasteiger partial charge on any atom is 0.255 e. The van der Waals surface area contributed by atoms with E-state index in [0.29, 0.717) is 17.2 Å². The minimum atomic E-state index is -1.72. The van der Waals surface area contributed by atoms with Gasteiger partial charge in [-0.3, -0.25) is 4.79 Å². The number of carbonyl (C=O) groups is 1. The molecule has 15 heteroatoms. The number of rotatable bonds is 7. The standard InChI is InChI=1S/C26H28ClF3N4O6S/c27-20-6-5-13(41-20)9-33(17-3-1-2-4-18(17)36)26(39)25-24(38)22(23(37)19(11-35)40-25)34-10-16(31-32-34)12-7-14(28)21(30)15(29)8-12/h5-8,10,17-19,22-25,35-38H,1-4,9,11H2/t17-,18-,19?,22?,23?,24?,25?/m0/s1. The van der Waals surface area contributed by atoms with E-state index in [1.165, 1.54) is 22.4 Å². The molecule has 5 rings (SSSR count). The second-order valence-corrected chi connectivity index (χ2v) is 12.0. The topological polar surface area (TPSA) is 141 Å². The van der Waals surface area contributed by atoms with E-state index in [1.54, 1.807) is 12.1 Å². The van der Waals surface area contributed by atoms with E-state index in [1.807, 2.05) is 0 Å². The minimum Gasteiger partial charge on any atom is -0.394 e. The molecule has 2 aliphatic rings. The van der Waals surface area contributed by atoms with E-state index in [0.717, 1.165) is 34.5 Å².